The molecular formula is C13H11F2N3O2S2. The van der Waals surface area contributed by atoms with Crippen LogP contribution in [-0.2, 0) is 10.5 Å². The average molecular weight is 343 g/mol. The van der Waals surface area contributed by atoms with Crippen molar-refractivity contribution in [3.05, 3.63) is 46.5 Å². The fraction of sp³-hybridized carbons (Fsp3) is 0.154. The number of amides is 2. The smallest absolute Gasteiger partial charge is 0.263 e. The number of rotatable bonds is 6. The molecule has 0 spiro atoms. The summed E-state index contributed by atoms with van der Waals surface area (Å²) >= 11 is 2.41. The molecule has 0 saturated heterocycles. The molecule has 3 N–H and O–H groups in total. The number of primary amides is 1. The molecule has 0 aliphatic carbocycles. The van der Waals surface area contributed by atoms with Gasteiger partial charge in [-0.05, 0) is 12.1 Å². The van der Waals surface area contributed by atoms with E-state index in [4.69, 9.17) is 5.73 Å². The normalized spacial score (nSPS) is 10.5. The van der Waals surface area contributed by atoms with E-state index in [1.54, 1.807) is 5.38 Å². The second-order valence-corrected chi connectivity index (χ2v) is 6.00. The topological polar surface area (TPSA) is 85.1 Å². The minimum absolute atomic E-state index is 0.166. The van der Waals surface area contributed by atoms with Crippen molar-refractivity contribution in [3.63, 3.8) is 0 Å². The Morgan fingerprint density at radius 2 is 2.00 bits per heavy atom. The number of nitrogens with two attached hydrogens (primary N) is 1. The van der Waals surface area contributed by atoms with Gasteiger partial charge in [0.05, 0.1) is 11.4 Å². The van der Waals surface area contributed by atoms with Crippen molar-refractivity contribution < 1.29 is 18.4 Å². The molecule has 1 aromatic carbocycles. The van der Waals surface area contributed by atoms with E-state index in [0.717, 1.165) is 23.5 Å². The van der Waals surface area contributed by atoms with Gasteiger partial charge in [-0.25, -0.2) is 13.8 Å². The van der Waals surface area contributed by atoms with Gasteiger partial charge in [0.1, 0.15) is 17.2 Å². The van der Waals surface area contributed by atoms with Crippen molar-refractivity contribution in [1.82, 2.24) is 4.98 Å². The van der Waals surface area contributed by atoms with Gasteiger partial charge in [-0.2, -0.15) is 0 Å². The van der Waals surface area contributed by atoms with Gasteiger partial charge in [0, 0.05) is 11.1 Å². The van der Waals surface area contributed by atoms with Gasteiger partial charge in [0.25, 0.3) is 5.91 Å². The molecule has 0 fully saturated rings. The molecule has 1 heterocycles. The van der Waals surface area contributed by atoms with Gasteiger partial charge < -0.3 is 5.73 Å². The summed E-state index contributed by atoms with van der Waals surface area (Å²) in [5.74, 6) is -2.59. The first kappa shape index (κ1) is 16.4. The van der Waals surface area contributed by atoms with Crippen LogP contribution in [-0.4, -0.2) is 22.6 Å². The Kier molecular flexibility index (Phi) is 5.45. The minimum atomic E-state index is -0.939. The predicted molar refractivity (Wildman–Crippen MR) is 81.8 cm³/mol. The third-order valence-corrected chi connectivity index (χ3v) is 4.25. The summed E-state index contributed by atoms with van der Waals surface area (Å²) in [6.45, 7) is 0. The molecule has 22 heavy (non-hydrogen) atoms. The lowest BCUT2D eigenvalue weighted by Crippen LogP contribution is -2.15. The van der Waals surface area contributed by atoms with E-state index < -0.39 is 29.0 Å². The van der Waals surface area contributed by atoms with Gasteiger partial charge in [-0.1, -0.05) is 6.07 Å². The maximum atomic E-state index is 13.5. The Morgan fingerprint density at radius 1 is 1.32 bits per heavy atom. The number of nitrogens with one attached hydrogen (secondary N) is 1. The van der Waals surface area contributed by atoms with E-state index in [9.17, 15) is 18.4 Å². The molecule has 0 bridgehead atoms. The molecule has 0 unspecified atom stereocenters. The van der Waals surface area contributed by atoms with Crippen molar-refractivity contribution in [2.75, 3.05) is 11.1 Å². The van der Waals surface area contributed by atoms with Crippen molar-refractivity contribution in [3.8, 4) is 0 Å². The third kappa shape index (κ3) is 4.25. The number of hydrogen-bond acceptors (Lipinski definition) is 5. The molecule has 0 aliphatic heterocycles. The van der Waals surface area contributed by atoms with Crippen LogP contribution in [0.3, 0.4) is 0 Å². The number of nitrogens with zero attached hydrogens (tertiary/aromatic N) is 1. The van der Waals surface area contributed by atoms with Gasteiger partial charge in [-0.15, -0.1) is 23.1 Å². The number of carbonyl (C=O) groups excluding carboxylic acids is 2. The van der Waals surface area contributed by atoms with Crippen molar-refractivity contribution >= 4 is 40.0 Å². The highest BCUT2D eigenvalue weighted by Crippen LogP contribution is 2.21. The molecule has 0 radical (unpaired) electrons. The lowest BCUT2D eigenvalue weighted by molar-refractivity contribution is -0.115. The fourth-order valence-electron chi connectivity index (χ4n) is 1.56. The fourth-order valence-corrected chi connectivity index (χ4v) is 3.03. The van der Waals surface area contributed by atoms with E-state index in [1.807, 2.05) is 0 Å². The van der Waals surface area contributed by atoms with Gasteiger partial charge >= 0.3 is 0 Å². The summed E-state index contributed by atoms with van der Waals surface area (Å²) in [4.78, 5) is 26.6. The zero-order chi connectivity index (χ0) is 16.1. The summed E-state index contributed by atoms with van der Waals surface area (Å²) < 4.78 is 27.0. The Bertz CT molecular complexity index is 686. The van der Waals surface area contributed by atoms with Crippen molar-refractivity contribution in [1.29, 1.82) is 0 Å². The van der Waals surface area contributed by atoms with Crippen LogP contribution in [0.4, 0.5) is 13.9 Å². The molecular weight excluding hydrogens is 332 g/mol. The molecule has 9 heteroatoms. The molecule has 2 rings (SSSR count). The summed E-state index contributed by atoms with van der Waals surface area (Å²) in [7, 11) is 0. The van der Waals surface area contributed by atoms with Crippen molar-refractivity contribution in [2.24, 2.45) is 5.73 Å². The second kappa shape index (κ2) is 7.32. The van der Waals surface area contributed by atoms with Crippen LogP contribution in [0.25, 0.3) is 0 Å². The summed E-state index contributed by atoms with van der Waals surface area (Å²) in [5, 5.41) is 4.25. The maximum Gasteiger partial charge on any atom is 0.263 e. The largest absolute Gasteiger partial charge is 0.369 e. The first-order valence-corrected chi connectivity index (χ1v) is 8.06. The minimum Gasteiger partial charge on any atom is -0.369 e. The van der Waals surface area contributed by atoms with E-state index in [1.165, 1.54) is 17.8 Å². The number of benzene rings is 1. The SMILES string of the molecule is NC(=O)CSCc1csc(NC(=O)c2c(F)cccc2F)n1. The molecule has 5 nitrogen and oxygen atoms in total. The standard InChI is InChI=1S/C13H11F2N3O2S2/c14-8-2-1-3-9(15)11(8)12(20)18-13-17-7(5-22-13)4-21-6-10(16)19/h1-3,5H,4,6H2,(H2,16,19)(H,17,18,20). The number of anilines is 1. The summed E-state index contributed by atoms with van der Waals surface area (Å²) in [5.41, 5.74) is 5.00. The zero-order valence-electron chi connectivity index (χ0n) is 11.1. The zero-order valence-corrected chi connectivity index (χ0v) is 12.8. The van der Waals surface area contributed by atoms with E-state index >= 15 is 0 Å². The van der Waals surface area contributed by atoms with E-state index in [2.05, 4.69) is 10.3 Å². The summed E-state index contributed by atoms with van der Waals surface area (Å²) in [6, 6.07) is 3.19. The maximum absolute atomic E-state index is 13.5. The Hall–Kier alpha value is -2.00. The number of thioether (sulfide) groups is 1. The second-order valence-electron chi connectivity index (χ2n) is 4.15. The van der Waals surface area contributed by atoms with Gasteiger partial charge in [-0.3, -0.25) is 14.9 Å². The van der Waals surface area contributed by atoms with Crippen molar-refractivity contribution in [2.45, 2.75) is 5.75 Å². The molecule has 2 amide bonds. The van der Waals surface area contributed by atoms with E-state index in [-0.39, 0.29) is 10.9 Å². The highest BCUT2D eigenvalue weighted by molar-refractivity contribution is 7.99. The van der Waals surface area contributed by atoms with Crippen LogP contribution < -0.4 is 11.1 Å². The average Bonchev–Trinajstić information content (AvgIpc) is 2.85. The monoisotopic (exact) mass is 343 g/mol. The summed E-state index contributed by atoms with van der Waals surface area (Å²) in [6.07, 6.45) is 0. The first-order valence-electron chi connectivity index (χ1n) is 6.03. The molecule has 116 valence electrons. The molecule has 0 atom stereocenters. The Morgan fingerprint density at radius 3 is 2.64 bits per heavy atom. The number of carbonyl (C=O) groups is 2. The van der Waals surface area contributed by atoms with Crippen LogP contribution in [0, 0.1) is 11.6 Å². The number of halogens is 2. The van der Waals surface area contributed by atoms with Crippen LogP contribution in [0.15, 0.2) is 23.6 Å². The van der Waals surface area contributed by atoms with Crippen LogP contribution >= 0.6 is 23.1 Å². The highest BCUT2D eigenvalue weighted by Gasteiger charge is 2.18. The lowest BCUT2D eigenvalue weighted by atomic mass is 10.2. The number of hydrogen-bond donors (Lipinski definition) is 2. The molecule has 0 saturated carbocycles. The first-order chi connectivity index (χ1) is 10.5. The predicted octanol–water partition coefficient (Wildman–Crippen LogP) is 2.39. The van der Waals surface area contributed by atoms with Crippen LogP contribution in [0.2, 0.25) is 0 Å². The molecule has 2 aromatic rings. The Labute approximate surface area is 132 Å². The van der Waals surface area contributed by atoms with Gasteiger partial charge in [0.15, 0.2) is 5.13 Å². The molecule has 1 aromatic heterocycles. The van der Waals surface area contributed by atoms with Crippen LogP contribution in [0.1, 0.15) is 16.1 Å². The lowest BCUT2D eigenvalue weighted by Gasteiger charge is -2.04. The number of aromatic nitrogens is 1. The quantitative estimate of drug-likeness (QED) is 0.843. The molecule has 0 aliphatic rings. The van der Waals surface area contributed by atoms with E-state index in [0.29, 0.717) is 11.4 Å². The van der Waals surface area contributed by atoms with Gasteiger partial charge in [0.2, 0.25) is 5.91 Å². The van der Waals surface area contributed by atoms with Crippen LogP contribution in [0.5, 0.6) is 0 Å². The third-order valence-electron chi connectivity index (χ3n) is 2.46. The highest BCUT2D eigenvalue weighted by atomic mass is 32.2. The number of thiazole rings is 1. The Balaban J connectivity index is 2.01.